The highest BCUT2D eigenvalue weighted by Gasteiger charge is 2.20. The summed E-state index contributed by atoms with van der Waals surface area (Å²) >= 11 is 0. The normalized spacial score (nSPS) is 11.7. The SMILES string of the molecule is Cc1ccc2c(c1)c1cc(C)c(-c3cccc4c(-c5ccccc5)nc(-c5ccc(-c6ccc7c(c6)c6ccccc6n7-c6ccccc6)cc5)nc34)cc1n2-c1ccccc1. The number of fused-ring (bicyclic) bond motifs is 7. The molecule has 4 heteroatoms. The molecule has 0 saturated heterocycles. The van der Waals surface area contributed by atoms with Gasteiger partial charge in [0.25, 0.3) is 0 Å². The first kappa shape index (κ1) is 35.8. The van der Waals surface area contributed by atoms with Gasteiger partial charge in [0.05, 0.1) is 33.3 Å². The molecule has 292 valence electrons. The molecule has 0 aliphatic carbocycles. The largest absolute Gasteiger partial charge is 0.309 e. The van der Waals surface area contributed by atoms with Crippen molar-refractivity contribution in [3.63, 3.8) is 0 Å². The molecule has 0 fully saturated rings. The van der Waals surface area contributed by atoms with Crippen molar-refractivity contribution in [3.05, 3.63) is 217 Å². The maximum Gasteiger partial charge on any atom is 0.160 e. The van der Waals surface area contributed by atoms with Gasteiger partial charge in [-0.3, -0.25) is 0 Å². The Hall–Kier alpha value is -8.08. The van der Waals surface area contributed by atoms with Crippen LogP contribution < -0.4 is 0 Å². The van der Waals surface area contributed by atoms with Crippen LogP contribution in [0.2, 0.25) is 0 Å². The highest BCUT2D eigenvalue weighted by molar-refractivity contribution is 6.13. The van der Waals surface area contributed by atoms with Crippen molar-refractivity contribution in [2.24, 2.45) is 0 Å². The number of rotatable bonds is 6. The van der Waals surface area contributed by atoms with Crippen molar-refractivity contribution in [1.29, 1.82) is 0 Å². The molecule has 0 aliphatic heterocycles. The van der Waals surface area contributed by atoms with Gasteiger partial charge in [-0.1, -0.05) is 145 Å². The van der Waals surface area contributed by atoms with Gasteiger partial charge in [0.2, 0.25) is 0 Å². The minimum Gasteiger partial charge on any atom is -0.309 e. The van der Waals surface area contributed by atoms with Gasteiger partial charge < -0.3 is 9.13 Å². The average Bonchev–Trinajstić information content (AvgIpc) is 3.83. The van der Waals surface area contributed by atoms with Crippen molar-refractivity contribution < 1.29 is 0 Å². The van der Waals surface area contributed by atoms with E-state index in [2.05, 4.69) is 229 Å². The van der Waals surface area contributed by atoms with Gasteiger partial charge in [-0.25, -0.2) is 9.97 Å². The topological polar surface area (TPSA) is 35.6 Å². The molecule has 0 unspecified atom stereocenters. The minimum absolute atomic E-state index is 0.698. The van der Waals surface area contributed by atoms with Gasteiger partial charge in [-0.15, -0.1) is 0 Å². The van der Waals surface area contributed by atoms with E-state index in [0.717, 1.165) is 55.8 Å². The van der Waals surface area contributed by atoms with E-state index in [1.165, 1.54) is 60.3 Å². The van der Waals surface area contributed by atoms with Gasteiger partial charge in [0.1, 0.15) is 0 Å². The molecule has 0 saturated carbocycles. The highest BCUT2D eigenvalue weighted by Crippen LogP contribution is 2.41. The first-order valence-electron chi connectivity index (χ1n) is 21.2. The monoisotopic (exact) mass is 792 g/mol. The predicted molar refractivity (Wildman–Crippen MR) is 259 cm³/mol. The fraction of sp³-hybridized carbons (Fsp3) is 0.0345. The summed E-state index contributed by atoms with van der Waals surface area (Å²) in [7, 11) is 0. The number of hydrogen-bond acceptors (Lipinski definition) is 2. The number of nitrogens with zero attached hydrogens (tertiary/aromatic N) is 4. The molecule has 0 radical (unpaired) electrons. The maximum atomic E-state index is 5.45. The van der Waals surface area contributed by atoms with E-state index < -0.39 is 0 Å². The molecular formula is C58H40N4. The Balaban J connectivity index is 1.01. The molecule has 62 heavy (non-hydrogen) atoms. The molecular weight excluding hydrogens is 753 g/mol. The molecule has 0 bridgehead atoms. The highest BCUT2D eigenvalue weighted by atomic mass is 15.0. The molecule has 3 aromatic heterocycles. The van der Waals surface area contributed by atoms with E-state index in [4.69, 9.17) is 9.97 Å². The van der Waals surface area contributed by atoms with Crippen LogP contribution in [0.15, 0.2) is 206 Å². The van der Waals surface area contributed by atoms with Gasteiger partial charge >= 0.3 is 0 Å². The lowest BCUT2D eigenvalue weighted by Crippen LogP contribution is -1.98. The summed E-state index contributed by atoms with van der Waals surface area (Å²) in [5, 5.41) is 6.00. The number of aryl methyl sites for hydroxylation is 2. The predicted octanol–water partition coefficient (Wildman–Crippen LogP) is 15.1. The van der Waals surface area contributed by atoms with Crippen LogP contribution in [0, 0.1) is 13.8 Å². The molecule has 0 N–H and O–H groups in total. The fourth-order valence-electron chi connectivity index (χ4n) is 9.57. The summed E-state index contributed by atoms with van der Waals surface area (Å²) in [6, 6.07) is 74.1. The van der Waals surface area contributed by atoms with Crippen LogP contribution in [-0.4, -0.2) is 19.1 Å². The summed E-state index contributed by atoms with van der Waals surface area (Å²) in [5.41, 5.74) is 17.9. The second-order valence-electron chi connectivity index (χ2n) is 16.3. The van der Waals surface area contributed by atoms with Crippen LogP contribution in [-0.2, 0) is 0 Å². The van der Waals surface area contributed by atoms with Crippen LogP contribution in [0.3, 0.4) is 0 Å². The van der Waals surface area contributed by atoms with Crippen molar-refractivity contribution in [3.8, 4) is 56.3 Å². The molecule has 12 rings (SSSR count). The fourth-order valence-corrected chi connectivity index (χ4v) is 9.57. The summed E-state index contributed by atoms with van der Waals surface area (Å²) < 4.78 is 4.76. The molecule has 0 atom stereocenters. The third-order valence-electron chi connectivity index (χ3n) is 12.5. The van der Waals surface area contributed by atoms with Crippen molar-refractivity contribution in [2.75, 3.05) is 0 Å². The van der Waals surface area contributed by atoms with E-state index in [1.807, 2.05) is 0 Å². The van der Waals surface area contributed by atoms with Crippen LogP contribution in [0.5, 0.6) is 0 Å². The van der Waals surface area contributed by atoms with E-state index >= 15 is 0 Å². The first-order valence-corrected chi connectivity index (χ1v) is 21.2. The maximum absolute atomic E-state index is 5.45. The van der Waals surface area contributed by atoms with Gasteiger partial charge in [0.15, 0.2) is 5.82 Å². The number of para-hydroxylation sites is 4. The van der Waals surface area contributed by atoms with Crippen LogP contribution in [0.1, 0.15) is 11.1 Å². The Morgan fingerprint density at radius 2 is 0.903 bits per heavy atom. The minimum atomic E-state index is 0.698. The summed E-state index contributed by atoms with van der Waals surface area (Å²) in [6.07, 6.45) is 0. The summed E-state index contributed by atoms with van der Waals surface area (Å²) in [5.74, 6) is 0.698. The molecule has 0 aliphatic rings. The Labute approximate surface area is 359 Å². The Morgan fingerprint density at radius 3 is 1.65 bits per heavy atom. The Bertz CT molecular complexity index is 3680. The first-order chi connectivity index (χ1) is 30.6. The summed E-state index contributed by atoms with van der Waals surface area (Å²) in [4.78, 5) is 10.8. The Kier molecular flexibility index (Phi) is 8.26. The zero-order valence-corrected chi connectivity index (χ0v) is 34.4. The Morgan fingerprint density at radius 1 is 0.339 bits per heavy atom. The molecule has 0 amide bonds. The smallest absolute Gasteiger partial charge is 0.160 e. The summed E-state index contributed by atoms with van der Waals surface area (Å²) in [6.45, 7) is 4.40. The van der Waals surface area contributed by atoms with Crippen LogP contribution >= 0.6 is 0 Å². The third kappa shape index (κ3) is 5.76. The van der Waals surface area contributed by atoms with Gasteiger partial charge in [0, 0.05) is 55.0 Å². The number of benzene rings is 9. The standard InChI is InChI=1S/C58H40N4/c1-37-25-31-53-49(33-37)50-34-38(2)48(36-55(50)62(53)44-19-10-5-11-20-44)46-22-14-23-47-56(40-15-6-3-7-16-40)59-58(60-57(46)47)41-28-26-39(27-29-41)42-30-32-54-51(35-42)45-21-12-13-24-52(45)61(54)43-17-8-4-9-18-43/h3-36H,1-2H3. The zero-order valence-electron chi connectivity index (χ0n) is 34.4. The van der Waals surface area contributed by atoms with Crippen molar-refractivity contribution in [1.82, 2.24) is 19.1 Å². The zero-order chi connectivity index (χ0) is 41.3. The molecule has 9 aromatic carbocycles. The average molecular weight is 793 g/mol. The number of hydrogen-bond donors (Lipinski definition) is 0. The van der Waals surface area contributed by atoms with Crippen LogP contribution in [0.25, 0.3) is 111 Å². The number of aromatic nitrogens is 4. The van der Waals surface area contributed by atoms with E-state index in [9.17, 15) is 0 Å². The lowest BCUT2D eigenvalue weighted by atomic mass is 9.94. The second kappa shape index (κ2) is 14.3. The molecule has 4 nitrogen and oxygen atoms in total. The van der Waals surface area contributed by atoms with E-state index in [1.54, 1.807) is 0 Å². The lowest BCUT2D eigenvalue weighted by Gasteiger charge is -2.15. The molecule has 3 heterocycles. The van der Waals surface area contributed by atoms with Crippen molar-refractivity contribution in [2.45, 2.75) is 13.8 Å². The van der Waals surface area contributed by atoms with E-state index in [0.29, 0.717) is 5.82 Å². The van der Waals surface area contributed by atoms with Gasteiger partial charge in [-0.05, 0) is 103 Å². The van der Waals surface area contributed by atoms with Crippen LogP contribution in [0.4, 0.5) is 0 Å². The van der Waals surface area contributed by atoms with Gasteiger partial charge in [-0.2, -0.15) is 0 Å². The molecule has 12 aromatic rings. The third-order valence-corrected chi connectivity index (χ3v) is 12.5. The van der Waals surface area contributed by atoms with E-state index in [-0.39, 0.29) is 0 Å². The lowest BCUT2D eigenvalue weighted by molar-refractivity contribution is 1.18. The molecule has 0 spiro atoms. The quantitative estimate of drug-likeness (QED) is 0.168. The second-order valence-corrected chi connectivity index (χ2v) is 16.3. The van der Waals surface area contributed by atoms with Crippen molar-refractivity contribution >= 4 is 54.5 Å².